The van der Waals surface area contributed by atoms with Crippen LogP contribution in [0.2, 0.25) is 0 Å². The fraction of sp³-hybridized carbons (Fsp3) is 0.214. The van der Waals surface area contributed by atoms with Gasteiger partial charge in [0, 0.05) is 24.5 Å². The van der Waals surface area contributed by atoms with Gasteiger partial charge in [0.15, 0.2) is 0 Å². The van der Waals surface area contributed by atoms with Crippen LogP contribution in [-0.2, 0) is 11.3 Å². The molecule has 0 radical (unpaired) electrons. The van der Waals surface area contributed by atoms with Crippen LogP contribution in [0.1, 0.15) is 6.42 Å². The van der Waals surface area contributed by atoms with E-state index in [2.05, 4.69) is 20.5 Å². The standard InChI is InChI=1S/C14H15N5O2/c1-21-12-4-2-3-11-10(12)5-7-19(11)8-6-13(20)17-14-15-9-16-18-14/h2-5,7,9H,6,8H2,1H3,(H2,15,16,17,18,20). The third kappa shape index (κ3) is 2.71. The van der Waals surface area contributed by atoms with E-state index in [-0.39, 0.29) is 5.91 Å². The molecule has 0 atom stereocenters. The van der Waals surface area contributed by atoms with E-state index in [0.29, 0.717) is 18.9 Å². The van der Waals surface area contributed by atoms with E-state index in [4.69, 9.17) is 4.74 Å². The summed E-state index contributed by atoms with van der Waals surface area (Å²) in [5.41, 5.74) is 1.04. The number of fused-ring (bicyclic) bond motifs is 1. The van der Waals surface area contributed by atoms with E-state index in [1.165, 1.54) is 6.33 Å². The van der Waals surface area contributed by atoms with Crippen molar-refractivity contribution >= 4 is 22.8 Å². The van der Waals surface area contributed by atoms with Gasteiger partial charge in [0.05, 0.1) is 12.6 Å². The Labute approximate surface area is 120 Å². The van der Waals surface area contributed by atoms with Crippen molar-refractivity contribution in [3.05, 3.63) is 36.8 Å². The maximum atomic E-state index is 11.8. The average molecular weight is 285 g/mol. The largest absolute Gasteiger partial charge is 0.496 e. The van der Waals surface area contributed by atoms with Crippen molar-refractivity contribution in [2.45, 2.75) is 13.0 Å². The number of nitrogens with zero attached hydrogens (tertiary/aromatic N) is 3. The molecule has 108 valence electrons. The Hall–Kier alpha value is -2.83. The molecule has 0 saturated carbocycles. The van der Waals surface area contributed by atoms with Gasteiger partial charge in [-0.2, -0.15) is 10.1 Å². The third-order valence-corrected chi connectivity index (χ3v) is 3.25. The predicted molar refractivity (Wildman–Crippen MR) is 78.1 cm³/mol. The Balaban J connectivity index is 1.69. The predicted octanol–water partition coefficient (Wildman–Crippen LogP) is 1.80. The molecule has 0 bridgehead atoms. The van der Waals surface area contributed by atoms with E-state index in [0.717, 1.165) is 16.7 Å². The van der Waals surface area contributed by atoms with Gasteiger partial charge in [-0.1, -0.05) is 6.07 Å². The number of benzene rings is 1. The number of hydrogen-bond donors (Lipinski definition) is 2. The van der Waals surface area contributed by atoms with Crippen LogP contribution < -0.4 is 10.1 Å². The first kappa shape index (κ1) is 13.2. The van der Waals surface area contributed by atoms with Gasteiger partial charge in [0.25, 0.3) is 0 Å². The lowest BCUT2D eigenvalue weighted by atomic mass is 10.2. The van der Waals surface area contributed by atoms with Crippen LogP contribution in [-0.4, -0.2) is 32.8 Å². The number of carbonyl (C=O) groups excluding carboxylic acids is 1. The normalized spacial score (nSPS) is 10.7. The minimum Gasteiger partial charge on any atom is -0.496 e. The van der Waals surface area contributed by atoms with Gasteiger partial charge in [-0.25, -0.2) is 5.10 Å². The lowest BCUT2D eigenvalue weighted by Crippen LogP contribution is -2.15. The number of nitrogens with one attached hydrogen (secondary N) is 2. The molecule has 1 aromatic carbocycles. The van der Waals surface area contributed by atoms with Gasteiger partial charge < -0.3 is 9.30 Å². The van der Waals surface area contributed by atoms with Crippen molar-refractivity contribution in [2.24, 2.45) is 0 Å². The summed E-state index contributed by atoms with van der Waals surface area (Å²) in [6.45, 7) is 0.580. The average Bonchev–Trinajstić information content (AvgIpc) is 3.14. The summed E-state index contributed by atoms with van der Waals surface area (Å²) in [6, 6.07) is 7.85. The minimum absolute atomic E-state index is 0.114. The zero-order valence-electron chi connectivity index (χ0n) is 11.5. The summed E-state index contributed by atoms with van der Waals surface area (Å²) >= 11 is 0. The molecule has 0 aliphatic heterocycles. The Morgan fingerprint density at radius 1 is 1.43 bits per heavy atom. The lowest BCUT2D eigenvalue weighted by Gasteiger charge is -2.06. The summed E-state index contributed by atoms with van der Waals surface area (Å²) in [4.78, 5) is 15.7. The molecule has 21 heavy (non-hydrogen) atoms. The number of amides is 1. The first-order valence-electron chi connectivity index (χ1n) is 6.55. The van der Waals surface area contributed by atoms with Crippen molar-refractivity contribution in [1.29, 1.82) is 0 Å². The molecule has 0 fully saturated rings. The van der Waals surface area contributed by atoms with Gasteiger partial charge >= 0.3 is 0 Å². The van der Waals surface area contributed by atoms with Gasteiger partial charge in [0.2, 0.25) is 11.9 Å². The molecule has 3 rings (SSSR count). The Morgan fingerprint density at radius 2 is 2.33 bits per heavy atom. The number of aromatic amines is 1. The first-order chi connectivity index (χ1) is 10.3. The van der Waals surface area contributed by atoms with Crippen molar-refractivity contribution in [2.75, 3.05) is 12.4 Å². The Bertz CT molecular complexity index is 748. The number of carbonyl (C=O) groups is 1. The molecule has 2 N–H and O–H groups in total. The topological polar surface area (TPSA) is 84.8 Å². The summed E-state index contributed by atoms with van der Waals surface area (Å²) in [6.07, 6.45) is 3.65. The molecule has 2 aromatic heterocycles. The maximum Gasteiger partial charge on any atom is 0.228 e. The highest BCUT2D eigenvalue weighted by atomic mass is 16.5. The molecule has 0 unspecified atom stereocenters. The van der Waals surface area contributed by atoms with Gasteiger partial charge in [-0.15, -0.1) is 0 Å². The highest BCUT2D eigenvalue weighted by Gasteiger charge is 2.08. The van der Waals surface area contributed by atoms with Crippen LogP contribution in [0.4, 0.5) is 5.95 Å². The molecule has 2 heterocycles. The van der Waals surface area contributed by atoms with Crippen LogP contribution in [0.25, 0.3) is 10.9 Å². The second-order valence-corrected chi connectivity index (χ2v) is 4.53. The van der Waals surface area contributed by atoms with Crippen LogP contribution in [0.3, 0.4) is 0 Å². The Kier molecular flexibility index (Phi) is 3.55. The monoisotopic (exact) mass is 285 g/mol. The van der Waals surface area contributed by atoms with E-state index >= 15 is 0 Å². The molecule has 0 aliphatic rings. The molecule has 7 heteroatoms. The van der Waals surface area contributed by atoms with Gasteiger partial charge in [-0.05, 0) is 18.2 Å². The number of hydrogen-bond acceptors (Lipinski definition) is 4. The number of anilines is 1. The number of rotatable bonds is 5. The number of aryl methyl sites for hydroxylation is 1. The van der Waals surface area contributed by atoms with Crippen LogP contribution in [0, 0.1) is 0 Å². The van der Waals surface area contributed by atoms with Crippen LogP contribution in [0.15, 0.2) is 36.8 Å². The highest BCUT2D eigenvalue weighted by molar-refractivity contribution is 5.89. The zero-order valence-corrected chi connectivity index (χ0v) is 11.5. The molecule has 3 aromatic rings. The number of H-pyrrole nitrogens is 1. The van der Waals surface area contributed by atoms with Crippen molar-refractivity contribution in [1.82, 2.24) is 19.7 Å². The molecular weight excluding hydrogens is 270 g/mol. The van der Waals surface area contributed by atoms with Crippen molar-refractivity contribution in [3.63, 3.8) is 0 Å². The van der Waals surface area contributed by atoms with E-state index in [1.54, 1.807) is 7.11 Å². The molecule has 1 amide bonds. The van der Waals surface area contributed by atoms with E-state index in [1.807, 2.05) is 35.0 Å². The fourth-order valence-electron chi connectivity index (χ4n) is 2.25. The molecule has 7 nitrogen and oxygen atoms in total. The summed E-state index contributed by atoms with van der Waals surface area (Å²) in [7, 11) is 1.65. The molecule has 0 saturated heterocycles. The fourth-order valence-corrected chi connectivity index (χ4v) is 2.25. The summed E-state index contributed by atoms with van der Waals surface area (Å²) in [5.74, 6) is 1.08. The van der Waals surface area contributed by atoms with E-state index in [9.17, 15) is 4.79 Å². The van der Waals surface area contributed by atoms with Crippen molar-refractivity contribution < 1.29 is 9.53 Å². The smallest absolute Gasteiger partial charge is 0.228 e. The van der Waals surface area contributed by atoms with Crippen LogP contribution >= 0.6 is 0 Å². The number of aromatic nitrogens is 4. The highest BCUT2D eigenvalue weighted by Crippen LogP contribution is 2.26. The second-order valence-electron chi connectivity index (χ2n) is 4.53. The molecule has 0 aliphatic carbocycles. The van der Waals surface area contributed by atoms with Crippen LogP contribution in [0.5, 0.6) is 5.75 Å². The second kappa shape index (κ2) is 5.66. The minimum atomic E-state index is -0.114. The zero-order chi connectivity index (χ0) is 14.7. The quantitative estimate of drug-likeness (QED) is 0.748. The Morgan fingerprint density at radius 3 is 3.10 bits per heavy atom. The first-order valence-corrected chi connectivity index (χ1v) is 6.55. The third-order valence-electron chi connectivity index (χ3n) is 3.25. The molecular formula is C14H15N5O2. The lowest BCUT2D eigenvalue weighted by molar-refractivity contribution is -0.116. The number of ether oxygens (including phenoxy) is 1. The SMILES string of the molecule is COc1cccc2c1ccn2CCC(=O)Nc1ncn[nH]1. The molecule has 0 spiro atoms. The van der Waals surface area contributed by atoms with Gasteiger partial charge in [-0.3, -0.25) is 10.1 Å². The number of methoxy groups -OCH3 is 1. The van der Waals surface area contributed by atoms with E-state index < -0.39 is 0 Å². The van der Waals surface area contributed by atoms with Gasteiger partial charge in [0.1, 0.15) is 12.1 Å². The summed E-state index contributed by atoms with van der Waals surface area (Å²) < 4.78 is 7.35. The maximum absolute atomic E-state index is 11.8. The summed E-state index contributed by atoms with van der Waals surface area (Å²) in [5, 5.41) is 9.95. The van der Waals surface area contributed by atoms with Crippen molar-refractivity contribution in [3.8, 4) is 5.75 Å².